The molecule has 1 heterocycles. The molecule has 3 aromatic rings. The van der Waals surface area contributed by atoms with E-state index in [0.717, 1.165) is 11.1 Å². The summed E-state index contributed by atoms with van der Waals surface area (Å²) in [5.41, 5.74) is 2.57. The summed E-state index contributed by atoms with van der Waals surface area (Å²) < 4.78 is 1.84. The van der Waals surface area contributed by atoms with Gasteiger partial charge in [-0.15, -0.1) is 5.11 Å². The first-order valence-corrected chi connectivity index (χ1v) is 10.6. The third kappa shape index (κ3) is 6.25. The molecule has 2 aromatic carbocycles. The molecule has 0 aliphatic carbocycles. The monoisotopic (exact) mass is 418 g/mol. The summed E-state index contributed by atoms with van der Waals surface area (Å²) in [6, 6.07) is 19.7. The van der Waals surface area contributed by atoms with Gasteiger partial charge in [0.1, 0.15) is 0 Å². The van der Waals surface area contributed by atoms with Crippen molar-refractivity contribution in [1.29, 1.82) is 0 Å². The fraction of sp³-hybridized carbons (Fsp3) is 0.333. The molecular weight excluding hydrogens is 388 g/mol. The van der Waals surface area contributed by atoms with Crippen molar-refractivity contribution < 1.29 is 4.79 Å². The number of carbonyl (C=O) groups excluding carboxylic acids is 1. The molecule has 0 saturated carbocycles. The van der Waals surface area contributed by atoms with Crippen LogP contribution in [0, 0.1) is 0 Å². The molecule has 31 heavy (non-hydrogen) atoms. The second kappa shape index (κ2) is 10.5. The van der Waals surface area contributed by atoms with Gasteiger partial charge >= 0.3 is 0 Å². The van der Waals surface area contributed by atoms with Crippen LogP contribution in [0.4, 0.5) is 5.82 Å². The van der Waals surface area contributed by atoms with Crippen molar-refractivity contribution in [3.63, 3.8) is 0 Å². The lowest BCUT2D eigenvalue weighted by atomic mass is 10.2. The van der Waals surface area contributed by atoms with E-state index in [1.807, 2.05) is 52.3 Å². The lowest BCUT2D eigenvalue weighted by molar-refractivity contribution is 0.0951. The van der Waals surface area contributed by atoms with Gasteiger partial charge in [0.2, 0.25) is 5.82 Å². The van der Waals surface area contributed by atoms with Crippen LogP contribution >= 0.6 is 0 Å². The highest BCUT2D eigenvalue weighted by Crippen LogP contribution is 2.20. The maximum Gasteiger partial charge on any atom is 0.251 e. The number of carbonyl (C=O) groups is 1. The maximum atomic E-state index is 12.5. The zero-order chi connectivity index (χ0) is 22.2. The molecule has 0 unspecified atom stereocenters. The smallest absolute Gasteiger partial charge is 0.251 e. The summed E-state index contributed by atoms with van der Waals surface area (Å²) in [7, 11) is 0. The molecule has 0 atom stereocenters. The van der Waals surface area contributed by atoms with E-state index >= 15 is 0 Å². The first-order chi connectivity index (χ1) is 14.9. The number of rotatable bonds is 9. The Labute approximate surface area is 183 Å². The average Bonchev–Trinajstić information content (AvgIpc) is 3.14. The molecule has 0 spiro atoms. The van der Waals surface area contributed by atoms with Gasteiger partial charge in [0, 0.05) is 36.0 Å². The predicted octanol–water partition coefficient (Wildman–Crippen LogP) is 4.98. The van der Waals surface area contributed by atoms with Gasteiger partial charge < -0.3 is 5.32 Å². The summed E-state index contributed by atoms with van der Waals surface area (Å²) in [6.45, 7) is 9.25. The van der Waals surface area contributed by atoms with Gasteiger partial charge in [-0.1, -0.05) is 53.8 Å². The van der Waals surface area contributed by atoms with Crippen molar-refractivity contribution in [3.8, 4) is 0 Å². The van der Waals surface area contributed by atoms with Crippen molar-refractivity contribution in [2.75, 3.05) is 0 Å². The number of benzene rings is 2. The SMILES string of the molecule is CC(C)N(N=Nc1nn(Cc2ccccc2)cc1CNC(=O)c1ccccc1)C(C)C. The van der Waals surface area contributed by atoms with Gasteiger partial charge in [0.15, 0.2) is 0 Å². The molecule has 0 radical (unpaired) electrons. The van der Waals surface area contributed by atoms with Crippen LogP contribution in [-0.4, -0.2) is 32.8 Å². The average molecular weight is 419 g/mol. The molecule has 0 aliphatic heterocycles. The standard InChI is InChI=1S/C24H30N6O/c1-18(2)30(19(3)4)28-26-23-22(15-25-24(31)21-13-9-6-10-14-21)17-29(27-23)16-20-11-7-5-8-12-20/h5-14,17-19H,15-16H2,1-4H3,(H,25,31). The highest BCUT2D eigenvalue weighted by atomic mass is 16.1. The first kappa shape index (κ1) is 22.2. The molecular formula is C24H30N6O. The van der Waals surface area contributed by atoms with E-state index in [2.05, 4.69) is 60.6 Å². The van der Waals surface area contributed by atoms with Crippen LogP contribution in [0.5, 0.6) is 0 Å². The van der Waals surface area contributed by atoms with Crippen LogP contribution in [-0.2, 0) is 13.1 Å². The topological polar surface area (TPSA) is 74.9 Å². The van der Waals surface area contributed by atoms with Crippen LogP contribution < -0.4 is 5.32 Å². The van der Waals surface area contributed by atoms with Gasteiger partial charge in [-0.05, 0) is 45.4 Å². The zero-order valence-electron chi connectivity index (χ0n) is 18.6. The lowest BCUT2D eigenvalue weighted by Crippen LogP contribution is -2.31. The molecule has 0 bridgehead atoms. The molecule has 0 aliphatic rings. The molecule has 0 fully saturated rings. The molecule has 1 N–H and O–H groups in total. The number of hydrogen-bond donors (Lipinski definition) is 1. The molecule has 7 heteroatoms. The Kier molecular flexibility index (Phi) is 7.54. The largest absolute Gasteiger partial charge is 0.348 e. The highest BCUT2D eigenvalue weighted by Gasteiger charge is 2.14. The van der Waals surface area contributed by atoms with Crippen LogP contribution in [0.3, 0.4) is 0 Å². The van der Waals surface area contributed by atoms with Gasteiger partial charge in [0.05, 0.1) is 6.54 Å². The third-order valence-corrected chi connectivity index (χ3v) is 4.78. The van der Waals surface area contributed by atoms with Crippen LogP contribution in [0.15, 0.2) is 77.2 Å². The second-order valence-electron chi connectivity index (χ2n) is 7.97. The Balaban J connectivity index is 1.81. The van der Waals surface area contributed by atoms with Crippen molar-refractivity contribution in [2.45, 2.75) is 52.9 Å². The molecule has 1 aromatic heterocycles. The summed E-state index contributed by atoms with van der Waals surface area (Å²) in [6.07, 6.45) is 1.92. The van der Waals surface area contributed by atoms with Crippen LogP contribution in [0.1, 0.15) is 49.2 Å². The van der Waals surface area contributed by atoms with Crippen molar-refractivity contribution in [3.05, 3.63) is 83.6 Å². The van der Waals surface area contributed by atoms with Gasteiger partial charge in [-0.3, -0.25) is 14.5 Å². The number of nitrogens with one attached hydrogen (secondary N) is 1. The fourth-order valence-corrected chi connectivity index (χ4v) is 3.28. The molecule has 7 nitrogen and oxygen atoms in total. The molecule has 1 amide bonds. The second-order valence-corrected chi connectivity index (χ2v) is 7.97. The number of nitrogens with zero attached hydrogens (tertiary/aromatic N) is 5. The van der Waals surface area contributed by atoms with Gasteiger partial charge in [-0.25, -0.2) is 0 Å². The molecule has 3 rings (SSSR count). The minimum absolute atomic E-state index is 0.134. The fourth-order valence-electron chi connectivity index (χ4n) is 3.28. The van der Waals surface area contributed by atoms with Crippen molar-refractivity contribution >= 4 is 11.7 Å². The van der Waals surface area contributed by atoms with E-state index in [1.54, 1.807) is 12.1 Å². The van der Waals surface area contributed by atoms with E-state index in [-0.39, 0.29) is 18.0 Å². The van der Waals surface area contributed by atoms with E-state index in [0.29, 0.717) is 24.5 Å². The summed E-state index contributed by atoms with van der Waals surface area (Å²) in [4.78, 5) is 12.5. The Bertz CT molecular complexity index is 987. The predicted molar refractivity (Wildman–Crippen MR) is 122 cm³/mol. The Morgan fingerprint density at radius 2 is 1.61 bits per heavy atom. The van der Waals surface area contributed by atoms with Crippen LogP contribution in [0.2, 0.25) is 0 Å². The minimum atomic E-state index is -0.134. The molecule has 162 valence electrons. The maximum absolute atomic E-state index is 12.5. The zero-order valence-corrected chi connectivity index (χ0v) is 18.6. The van der Waals surface area contributed by atoms with E-state index in [4.69, 9.17) is 0 Å². The normalized spacial score (nSPS) is 11.4. The summed E-state index contributed by atoms with van der Waals surface area (Å²) >= 11 is 0. The highest BCUT2D eigenvalue weighted by molar-refractivity contribution is 5.94. The Hall–Kier alpha value is -3.48. The first-order valence-electron chi connectivity index (χ1n) is 10.6. The molecule has 0 saturated heterocycles. The summed E-state index contributed by atoms with van der Waals surface area (Å²) in [5, 5.41) is 18.4. The number of amides is 1. The van der Waals surface area contributed by atoms with Crippen molar-refractivity contribution in [1.82, 2.24) is 20.1 Å². The third-order valence-electron chi connectivity index (χ3n) is 4.78. The number of hydrogen-bond acceptors (Lipinski definition) is 4. The Morgan fingerprint density at radius 3 is 2.23 bits per heavy atom. The van der Waals surface area contributed by atoms with Crippen LogP contribution in [0.25, 0.3) is 0 Å². The van der Waals surface area contributed by atoms with E-state index in [1.165, 1.54) is 0 Å². The van der Waals surface area contributed by atoms with E-state index < -0.39 is 0 Å². The van der Waals surface area contributed by atoms with E-state index in [9.17, 15) is 4.79 Å². The Morgan fingerprint density at radius 1 is 1.00 bits per heavy atom. The van der Waals surface area contributed by atoms with Gasteiger partial charge in [0.25, 0.3) is 5.91 Å². The lowest BCUT2D eigenvalue weighted by Gasteiger charge is -2.25. The van der Waals surface area contributed by atoms with Gasteiger partial charge in [-0.2, -0.15) is 5.10 Å². The van der Waals surface area contributed by atoms with Crippen molar-refractivity contribution in [2.24, 2.45) is 10.3 Å². The number of aromatic nitrogens is 2. The summed E-state index contributed by atoms with van der Waals surface area (Å²) in [5.74, 6) is 0.376. The quantitative estimate of drug-likeness (QED) is 0.393. The minimum Gasteiger partial charge on any atom is -0.348 e.